The van der Waals surface area contributed by atoms with Crippen molar-refractivity contribution in [1.82, 2.24) is 9.88 Å². The van der Waals surface area contributed by atoms with Crippen LogP contribution in [-0.4, -0.2) is 35.5 Å². The zero-order valence-corrected chi connectivity index (χ0v) is 15.9. The van der Waals surface area contributed by atoms with E-state index < -0.39 is 0 Å². The lowest BCUT2D eigenvalue weighted by molar-refractivity contribution is -0.134. The lowest BCUT2D eigenvalue weighted by atomic mass is 9.98. The molecule has 5 heteroatoms. The van der Waals surface area contributed by atoms with E-state index in [0.717, 1.165) is 24.9 Å². The number of hydrogen-bond acceptors (Lipinski definition) is 3. The summed E-state index contributed by atoms with van der Waals surface area (Å²) in [4.78, 5) is 19.4. The molecule has 2 aromatic heterocycles. The number of nitrogens with one attached hydrogen (secondary N) is 1. The van der Waals surface area contributed by atoms with Crippen molar-refractivity contribution in [3.8, 4) is 0 Å². The fourth-order valence-corrected chi connectivity index (χ4v) is 5.14. The molecule has 27 heavy (non-hydrogen) atoms. The molecule has 138 valence electrons. The topological polar surface area (TPSA) is 45.3 Å². The molecule has 0 fully saturated rings. The Balaban J connectivity index is 1.28. The van der Waals surface area contributed by atoms with Crippen molar-refractivity contribution >= 4 is 33.7 Å². The summed E-state index contributed by atoms with van der Waals surface area (Å²) in [6.45, 7) is 2.16. The Morgan fingerprint density at radius 3 is 3.07 bits per heavy atom. The largest absolute Gasteiger partial charge is 0.372 e. The molecule has 5 rings (SSSR count). The number of nitrogens with zero attached hydrogens (tertiary/aromatic N) is 1. The molecule has 0 saturated carbocycles. The minimum absolute atomic E-state index is 0.0692. The smallest absolute Gasteiger partial charge is 0.225 e. The second kappa shape index (κ2) is 6.98. The van der Waals surface area contributed by atoms with Crippen LogP contribution in [0.15, 0.2) is 48.0 Å². The van der Waals surface area contributed by atoms with Gasteiger partial charge in [-0.2, -0.15) is 0 Å². The predicted molar refractivity (Wildman–Crippen MR) is 109 cm³/mol. The van der Waals surface area contributed by atoms with E-state index in [4.69, 9.17) is 4.74 Å². The number of carbonyl (C=O) groups is 1. The number of aromatic amines is 1. The number of aromatic nitrogens is 1. The predicted octanol–water partition coefficient (Wildman–Crippen LogP) is 4.55. The van der Waals surface area contributed by atoms with Gasteiger partial charge >= 0.3 is 0 Å². The molecule has 0 spiro atoms. The van der Waals surface area contributed by atoms with Crippen molar-refractivity contribution in [3.63, 3.8) is 0 Å². The maximum absolute atomic E-state index is 12.8. The van der Waals surface area contributed by atoms with Gasteiger partial charge in [-0.1, -0.05) is 24.3 Å². The summed E-state index contributed by atoms with van der Waals surface area (Å²) in [5, 5.41) is 3.36. The Labute approximate surface area is 162 Å². The summed E-state index contributed by atoms with van der Waals surface area (Å²) in [5.41, 5.74) is 5.10. The van der Waals surface area contributed by atoms with Crippen LogP contribution in [0.4, 0.5) is 0 Å². The van der Waals surface area contributed by atoms with Crippen LogP contribution in [0.2, 0.25) is 0 Å². The average molecular weight is 378 g/mol. The number of benzene rings is 1. The van der Waals surface area contributed by atoms with Crippen molar-refractivity contribution in [3.05, 3.63) is 64.0 Å². The fraction of sp³-hybridized carbons (Fsp3) is 0.318. The van der Waals surface area contributed by atoms with Gasteiger partial charge in [0.05, 0.1) is 13.0 Å². The lowest BCUT2D eigenvalue weighted by Gasteiger charge is -2.29. The molecule has 1 N–H and O–H groups in total. The number of ether oxygens (including phenoxy) is 1. The summed E-state index contributed by atoms with van der Waals surface area (Å²) >= 11 is 1.71. The second-order valence-electron chi connectivity index (χ2n) is 7.19. The highest BCUT2D eigenvalue weighted by Gasteiger charge is 2.27. The first kappa shape index (κ1) is 16.8. The zero-order valence-electron chi connectivity index (χ0n) is 15.1. The highest BCUT2D eigenvalue weighted by molar-refractivity contribution is 7.10. The Hall–Kier alpha value is -2.37. The molecule has 1 aromatic carbocycles. The van der Waals surface area contributed by atoms with Gasteiger partial charge in [0.2, 0.25) is 5.91 Å². The molecule has 2 aliphatic heterocycles. The van der Waals surface area contributed by atoms with Gasteiger partial charge in [0.15, 0.2) is 0 Å². The van der Waals surface area contributed by atoms with E-state index >= 15 is 0 Å². The molecule has 3 aromatic rings. The third-order valence-electron chi connectivity index (χ3n) is 5.62. The van der Waals surface area contributed by atoms with Crippen LogP contribution in [0.25, 0.3) is 16.5 Å². The summed E-state index contributed by atoms with van der Waals surface area (Å²) in [6.07, 6.45) is 6.52. The third-order valence-corrected chi connectivity index (χ3v) is 6.67. The number of fused-ring (bicyclic) bond motifs is 2. The zero-order chi connectivity index (χ0) is 18.2. The Morgan fingerprint density at radius 1 is 1.26 bits per heavy atom. The molecule has 0 saturated heterocycles. The number of thiophene rings is 1. The van der Waals surface area contributed by atoms with Gasteiger partial charge in [-0.15, -0.1) is 11.3 Å². The molecule has 4 nitrogen and oxygen atoms in total. The first-order chi connectivity index (χ1) is 13.3. The van der Waals surface area contributed by atoms with Gasteiger partial charge in [-0.25, -0.2) is 0 Å². The Kier molecular flexibility index (Phi) is 4.34. The maximum atomic E-state index is 12.8. The van der Waals surface area contributed by atoms with E-state index in [-0.39, 0.29) is 12.0 Å². The van der Waals surface area contributed by atoms with Crippen molar-refractivity contribution in [1.29, 1.82) is 0 Å². The number of hydrogen-bond donors (Lipinski definition) is 1. The molecule has 1 unspecified atom stereocenters. The van der Waals surface area contributed by atoms with Gasteiger partial charge in [-0.3, -0.25) is 4.79 Å². The summed E-state index contributed by atoms with van der Waals surface area (Å²) in [5.74, 6) is 0.190. The average Bonchev–Trinajstić information content (AvgIpc) is 3.36. The van der Waals surface area contributed by atoms with E-state index in [0.29, 0.717) is 19.6 Å². The molecule has 1 atom stereocenters. The first-order valence-corrected chi connectivity index (χ1v) is 10.4. The quantitative estimate of drug-likeness (QED) is 0.727. The van der Waals surface area contributed by atoms with Gasteiger partial charge in [0, 0.05) is 40.6 Å². The van der Waals surface area contributed by atoms with Gasteiger partial charge in [-0.05, 0) is 41.5 Å². The fourth-order valence-electron chi connectivity index (χ4n) is 4.14. The monoisotopic (exact) mass is 378 g/mol. The van der Waals surface area contributed by atoms with Gasteiger partial charge in [0.25, 0.3) is 0 Å². The summed E-state index contributed by atoms with van der Waals surface area (Å²) in [6, 6.07) is 10.5. The van der Waals surface area contributed by atoms with E-state index in [1.165, 1.54) is 27.0 Å². The number of amides is 1. The van der Waals surface area contributed by atoms with Crippen molar-refractivity contribution in [2.45, 2.75) is 25.4 Å². The Morgan fingerprint density at radius 2 is 2.19 bits per heavy atom. The third kappa shape index (κ3) is 3.11. The van der Waals surface area contributed by atoms with Crippen LogP contribution in [0.3, 0.4) is 0 Å². The van der Waals surface area contributed by atoms with E-state index in [2.05, 4.69) is 46.9 Å². The maximum Gasteiger partial charge on any atom is 0.225 e. The minimum Gasteiger partial charge on any atom is -0.372 e. The normalized spacial score (nSPS) is 19.8. The standard InChI is InChI=1S/C22H22N2O2S/c25-21(13-20-22-16(7-11-26-20)8-12-27-22)24-9-5-15(6-10-24)18-14-23-19-4-2-1-3-17(18)19/h1-5,8,12,14,20,23H,6-7,9-11,13H2. The van der Waals surface area contributed by atoms with E-state index in [1.807, 2.05) is 11.0 Å². The molecule has 0 radical (unpaired) electrons. The lowest BCUT2D eigenvalue weighted by Crippen LogP contribution is -2.36. The summed E-state index contributed by atoms with van der Waals surface area (Å²) < 4.78 is 5.90. The van der Waals surface area contributed by atoms with Crippen LogP contribution in [0.1, 0.15) is 34.9 Å². The highest BCUT2D eigenvalue weighted by atomic mass is 32.1. The number of rotatable bonds is 3. The summed E-state index contributed by atoms with van der Waals surface area (Å²) in [7, 11) is 0. The second-order valence-corrected chi connectivity index (χ2v) is 8.14. The number of H-pyrrole nitrogens is 1. The Bertz CT molecular complexity index is 1020. The highest BCUT2D eigenvalue weighted by Crippen LogP contribution is 2.35. The van der Waals surface area contributed by atoms with Crippen molar-refractivity contribution in [2.24, 2.45) is 0 Å². The van der Waals surface area contributed by atoms with Crippen LogP contribution in [-0.2, 0) is 16.0 Å². The van der Waals surface area contributed by atoms with Gasteiger partial charge < -0.3 is 14.6 Å². The molecule has 0 bridgehead atoms. The first-order valence-electron chi connectivity index (χ1n) is 9.51. The van der Waals surface area contributed by atoms with Gasteiger partial charge in [0.1, 0.15) is 6.10 Å². The van der Waals surface area contributed by atoms with Crippen LogP contribution in [0.5, 0.6) is 0 Å². The number of para-hydroxylation sites is 1. The minimum atomic E-state index is -0.0692. The van der Waals surface area contributed by atoms with Crippen LogP contribution >= 0.6 is 11.3 Å². The molecule has 0 aliphatic carbocycles. The molecular weight excluding hydrogens is 356 g/mol. The molecule has 4 heterocycles. The van der Waals surface area contributed by atoms with E-state index in [9.17, 15) is 4.79 Å². The molecular formula is C22H22N2O2S. The SMILES string of the molecule is O=C(CC1OCCc2ccsc21)N1CC=C(c2c[nH]c3ccccc23)CC1. The molecule has 2 aliphatic rings. The van der Waals surface area contributed by atoms with E-state index in [1.54, 1.807) is 11.3 Å². The number of carbonyl (C=O) groups excluding carboxylic acids is 1. The van der Waals surface area contributed by atoms with Crippen molar-refractivity contribution < 1.29 is 9.53 Å². The van der Waals surface area contributed by atoms with Crippen LogP contribution < -0.4 is 0 Å². The van der Waals surface area contributed by atoms with Crippen LogP contribution in [0, 0.1) is 0 Å². The molecule has 1 amide bonds. The van der Waals surface area contributed by atoms with Crippen molar-refractivity contribution in [2.75, 3.05) is 19.7 Å².